The Morgan fingerprint density at radius 1 is 1.28 bits per heavy atom. The van der Waals surface area contributed by atoms with Crippen molar-refractivity contribution in [1.29, 1.82) is 0 Å². The first-order chi connectivity index (χ1) is 12.1. The van der Waals surface area contributed by atoms with Gasteiger partial charge in [0.05, 0.1) is 31.0 Å². The van der Waals surface area contributed by atoms with Crippen molar-refractivity contribution in [1.82, 2.24) is 15.2 Å². The summed E-state index contributed by atoms with van der Waals surface area (Å²) in [5.74, 6) is 2.53. The van der Waals surface area contributed by atoms with E-state index in [1.807, 2.05) is 38.2 Å². The number of hydrogen-bond donors (Lipinski definition) is 1. The molecule has 1 aromatic carbocycles. The number of hydrogen-bond acceptors (Lipinski definition) is 5. The summed E-state index contributed by atoms with van der Waals surface area (Å²) in [6.07, 6.45) is 0.884. The van der Waals surface area contributed by atoms with Gasteiger partial charge < -0.3 is 19.7 Å². The zero-order chi connectivity index (χ0) is 18.1. The van der Waals surface area contributed by atoms with Crippen molar-refractivity contribution in [3.63, 3.8) is 0 Å². The molecule has 0 aliphatic heterocycles. The molecule has 0 atom stereocenters. The van der Waals surface area contributed by atoms with Crippen LogP contribution in [0.15, 0.2) is 34.6 Å². The van der Waals surface area contributed by atoms with Crippen LogP contribution in [0.4, 0.5) is 0 Å². The van der Waals surface area contributed by atoms with Gasteiger partial charge in [-0.05, 0) is 37.6 Å². The molecule has 0 aliphatic carbocycles. The maximum absolute atomic E-state index is 5.72. The Morgan fingerprint density at radius 2 is 2.00 bits per heavy atom. The van der Waals surface area contributed by atoms with Crippen LogP contribution in [0.1, 0.15) is 17.1 Å². The topological polar surface area (TPSA) is 59.0 Å². The number of benzene rings is 1. The van der Waals surface area contributed by atoms with Crippen molar-refractivity contribution in [2.75, 3.05) is 34.4 Å². The smallest absolute Gasteiger partial charge is 0.193 e. The fourth-order valence-corrected chi connectivity index (χ4v) is 2.92. The van der Waals surface area contributed by atoms with Crippen LogP contribution in [0.3, 0.4) is 0 Å². The van der Waals surface area contributed by atoms with Gasteiger partial charge >= 0.3 is 0 Å². The van der Waals surface area contributed by atoms with E-state index in [0.29, 0.717) is 6.61 Å². The van der Waals surface area contributed by atoms with Crippen LogP contribution in [-0.4, -0.2) is 50.2 Å². The molecular formula is C18H26N4O2S. The van der Waals surface area contributed by atoms with E-state index in [-0.39, 0.29) is 0 Å². The summed E-state index contributed by atoms with van der Waals surface area (Å²) in [7, 11) is 5.46. The Hall–Kier alpha value is -2.28. The lowest BCUT2D eigenvalue weighted by Crippen LogP contribution is -2.39. The summed E-state index contributed by atoms with van der Waals surface area (Å²) in [4.78, 5) is 10.9. The van der Waals surface area contributed by atoms with Gasteiger partial charge in [-0.25, -0.2) is 4.98 Å². The number of rotatable bonds is 8. The highest BCUT2D eigenvalue weighted by Crippen LogP contribution is 2.17. The fraction of sp³-hybridized carbons (Fsp3) is 0.444. The summed E-state index contributed by atoms with van der Waals surface area (Å²) in [5.41, 5.74) is 1.07. The summed E-state index contributed by atoms with van der Waals surface area (Å²) in [6, 6.07) is 7.61. The van der Waals surface area contributed by atoms with E-state index in [1.54, 1.807) is 25.5 Å². The largest absolute Gasteiger partial charge is 0.497 e. The number of guanidine groups is 1. The highest BCUT2D eigenvalue weighted by molar-refractivity contribution is 7.09. The van der Waals surface area contributed by atoms with Crippen molar-refractivity contribution in [3.8, 4) is 11.5 Å². The molecular weight excluding hydrogens is 336 g/mol. The average Bonchev–Trinajstić information content (AvgIpc) is 3.03. The van der Waals surface area contributed by atoms with Gasteiger partial charge in [-0.3, -0.25) is 4.99 Å². The van der Waals surface area contributed by atoms with Crippen LogP contribution >= 0.6 is 11.3 Å². The zero-order valence-electron chi connectivity index (χ0n) is 15.3. The lowest BCUT2D eigenvalue weighted by atomic mass is 10.3. The molecule has 0 bridgehead atoms. The second kappa shape index (κ2) is 9.88. The number of nitrogens with zero attached hydrogens (tertiary/aromatic N) is 3. The molecule has 0 unspecified atom stereocenters. The third kappa shape index (κ3) is 6.26. The second-order valence-electron chi connectivity index (χ2n) is 5.57. The third-order valence-corrected chi connectivity index (χ3v) is 4.39. The predicted molar refractivity (Wildman–Crippen MR) is 103 cm³/mol. The van der Waals surface area contributed by atoms with Crippen molar-refractivity contribution in [3.05, 3.63) is 40.3 Å². The van der Waals surface area contributed by atoms with E-state index in [1.165, 1.54) is 0 Å². The Labute approximate surface area is 153 Å². The second-order valence-corrected chi connectivity index (χ2v) is 6.63. The first kappa shape index (κ1) is 19.1. The Kier molecular flexibility index (Phi) is 7.53. The van der Waals surface area contributed by atoms with Crippen LogP contribution < -0.4 is 14.8 Å². The molecule has 1 aromatic heterocycles. The molecule has 0 saturated heterocycles. The molecule has 2 rings (SSSR count). The summed E-state index contributed by atoms with van der Waals surface area (Å²) in [6.45, 7) is 4.20. The number of aromatic nitrogens is 1. The zero-order valence-corrected chi connectivity index (χ0v) is 16.1. The first-order valence-electron chi connectivity index (χ1n) is 8.22. The molecule has 0 fully saturated rings. The average molecular weight is 362 g/mol. The van der Waals surface area contributed by atoms with E-state index >= 15 is 0 Å². The van der Waals surface area contributed by atoms with Gasteiger partial charge in [-0.1, -0.05) is 0 Å². The number of aryl methyl sites for hydroxylation is 1. The van der Waals surface area contributed by atoms with Gasteiger partial charge in [-0.15, -0.1) is 11.3 Å². The minimum Gasteiger partial charge on any atom is -0.497 e. The molecule has 2 aromatic rings. The molecule has 25 heavy (non-hydrogen) atoms. The number of ether oxygens (including phenoxy) is 2. The van der Waals surface area contributed by atoms with Crippen molar-refractivity contribution < 1.29 is 9.47 Å². The van der Waals surface area contributed by atoms with E-state index in [2.05, 4.69) is 25.6 Å². The van der Waals surface area contributed by atoms with Crippen LogP contribution in [0, 0.1) is 6.92 Å². The van der Waals surface area contributed by atoms with Crippen molar-refractivity contribution in [2.24, 2.45) is 4.99 Å². The summed E-state index contributed by atoms with van der Waals surface area (Å²) >= 11 is 1.67. The standard InChI is InChI=1S/C18H26N4O2S/c1-14-21-15(13-25-14)12-22(3)18(19-2)20-10-5-11-24-17-8-6-16(23-4)7-9-17/h6-9,13H,5,10-12H2,1-4H3,(H,19,20). The SMILES string of the molecule is CN=C(NCCCOc1ccc(OC)cc1)N(C)Cc1csc(C)n1. The molecule has 6 nitrogen and oxygen atoms in total. The van der Waals surface area contributed by atoms with Gasteiger partial charge in [0.1, 0.15) is 11.5 Å². The van der Waals surface area contributed by atoms with E-state index in [0.717, 1.165) is 47.7 Å². The maximum Gasteiger partial charge on any atom is 0.193 e. The fourth-order valence-electron chi connectivity index (χ4n) is 2.32. The van der Waals surface area contributed by atoms with Crippen molar-refractivity contribution in [2.45, 2.75) is 19.9 Å². The van der Waals surface area contributed by atoms with Gasteiger partial charge in [-0.2, -0.15) is 0 Å². The Morgan fingerprint density at radius 3 is 2.60 bits per heavy atom. The van der Waals surface area contributed by atoms with E-state index in [9.17, 15) is 0 Å². The first-order valence-corrected chi connectivity index (χ1v) is 9.10. The molecule has 7 heteroatoms. The molecule has 1 N–H and O–H groups in total. The molecule has 136 valence electrons. The number of aliphatic imine (C=N–C) groups is 1. The van der Waals surface area contributed by atoms with E-state index in [4.69, 9.17) is 9.47 Å². The predicted octanol–water partition coefficient (Wildman–Crippen LogP) is 2.94. The molecule has 0 spiro atoms. The monoisotopic (exact) mass is 362 g/mol. The van der Waals surface area contributed by atoms with Gasteiger partial charge in [0.15, 0.2) is 5.96 Å². The molecule has 0 amide bonds. The molecule has 0 radical (unpaired) electrons. The molecule has 1 heterocycles. The van der Waals surface area contributed by atoms with Gasteiger partial charge in [0.25, 0.3) is 0 Å². The third-order valence-electron chi connectivity index (χ3n) is 3.57. The molecule has 0 saturated carbocycles. The lowest BCUT2D eigenvalue weighted by Gasteiger charge is -2.21. The maximum atomic E-state index is 5.72. The minimum absolute atomic E-state index is 0.644. The summed E-state index contributed by atoms with van der Waals surface area (Å²) in [5, 5.41) is 6.52. The van der Waals surface area contributed by atoms with Crippen LogP contribution in [-0.2, 0) is 6.54 Å². The number of thiazole rings is 1. The van der Waals surface area contributed by atoms with Crippen molar-refractivity contribution >= 4 is 17.3 Å². The minimum atomic E-state index is 0.644. The number of methoxy groups -OCH3 is 1. The normalized spacial score (nSPS) is 11.3. The Balaban J connectivity index is 1.68. The van der Waals surface area contributed by atoms with Crippen LogP contribution in [0.25, 0.3) is 0 Å². The van der Waals surface area contributed by atoms with Crippen LogP contribution in [0.5, 0.6) is 11.5 Å². The van der Waals surface area contributed by atoms with Crippen LogP contribution in [0.2, 0.25) is 0 Å². The number of nitrogens with one attached hydrogen (secondary N) is 1. The summed E-state index contributed by atoms with van der Waals surface area (Å²) < 4.78 is 10.9. The van der Waals surface area contributed by atoms with Gasteiger partial charge in [0, 0.05) is 26.0 Å². The highest BCUT2D eigenvalue weighted by atomic mass is 32.1. The van der Waals surface area contributed by atoms with Gasteiger partial charge in [0.2, 0.25) is 0 Å². The lowest BCUT2D eigenvalue weighted by molar-refractivity contribution is 0.309. The quantitative estimate of drug-likeness (QED) is 0.444. The highest BCUT2D eigenvalue weighted by Gasteiger charge is 2.08. The molecule has 0 aliphatic rings. The van der Waals surface area contributed by atoms with E-state index < -0.39 is 0 Å². The Bertz CT molecular complexity index is 670.